The van der Waals surface area contributed by atoms with Crippen molar-refractivity contribution in [2.24, 2.45) is 0 Å². The summed E-state index contributed by atoms with van der Waals surface area (Å²) in [4.78, 5) is 20.5. The van der Waals surface area contributed by atoms with E-state index in [1.165, 1.54) is 0 Å². The topological polar surface area (TPSA) is 64.0 Å². The van der Waals surface area contributed by atoms with E-state index < -0.39 is 0 Å². The van der Waals surface area contributed by atoms with Crippen LogP contribution in [0.3, 0.4) is 0 Å². The van der Waals surface area contributed by atoms with Crippen molar-refractivity contribution in [2.45, 2.75) is 20.0 Å². The van der Waals surface area contributed by atoms with Gasteiger partial charge in [0.25, 0.3) is 0 Å². The average Bonchev–Trinajstić information content (AvgIpc) is 3.19. The Morgan fingerprint density at radius 3 is 2.84 bits per heavy atom. The number of morpholine rings is 1. The van der Waals surface area contributed by atoms with Crippen molar-refractivity contribution < 1.29 is 4.74 Å². The minimum Gasteiger partial charge on any atom is -0.367 e. The van der Waals surface area contributed by atoms with E-state index in [-0.39, 0.29) is 6.10 Å². The highest BCUT2D eigenvalue weighted by molar-refractivity contribution is 7.09. The van der Waals surface area contributed by atoms with Gasteiger partial charge in [0, 0.05) is 35.6 Å². The fraction of sp³-hybridized carbons (Fsp3) is 0.333. The van der Waals surface area contributed by atoms with Crippen LogP contribution >= 0.6 is 11.3 Å². The first-order chi connectivity index (χ1) is 12.2. The predicted molar refractivity (Wildman–Crippen MR) is 97.8 cm³/mol. The molecule has 25 heavy (non-hydrogen) atoms. The van der Waals surface area contributed by atoms with Crippen molar-refractivity contribution in [3.05, 3.63) is 52.2 Å². The highest BCUT2D eigenvalue weighted by atomic mass is 32.1. The Bertz CT molecular complexity index is 853. The lowest BCUT2D eigenvalue weighted by Gasteiger charge is -2.34. The van der Waals surface area contributed by atoms with Gasteiger partial charge in [0.05, 0.1) is 13.2 Å². The molecule has 1 atom stereocenters. The van der Waals surface area contributed by atoms with Crippen LogP contribution in [0, 0.1) is 13.8 Å². The highest BCUT2D eigenvalue weighted by Crippen LogP contribution is 2.29. The second-order valence-corrected chi connectivity index (χ2v) is 6.90. The van der Waals surface area contributed by atoms with Gasteiger partial charge in [-0.25, -0.2) is 15.0 Å². The predicted octanol–water partition coefficient (Wildman–Crippen LogP) is 3.19. The third-order valence-electron chi connectivity index (χ3n) is 4.35. The summed E-state index contributed by atoms with van der Waals surface area (Å²) in [5.41, 5.74) is 2.86. The third kappa shape index (κ3) is 3.25. The molecular formula is C18H19N5OS. The molecule has 4 rings (SSSR count). The zero-order chi connectivity index (χ0) is 17.2. The van der Waals surface area contributed by atoms with Crippen LogP contribution in [-0.4, -0.2) is 39.6 Å². The van der Waals surface area contributed by atoms with Gasteiger partial charge in [0.1, 0.15) is 22.6 Å². The van der Waals surface area contributed by atoms with Crippen LogP contribution in [0.5, 0.6) is 0 Å². The molecule has 0 aliphatic carbocycles. The number of ether oxygens (including phenoxy) is 1. The molecule has 7 heteroatoms. The van der Waals surface area contributed by atoms with Crippen LogP contribution < -0.4 is 4.90 Å². The Balaban J connectivity index is 1.68. The quantitative estimate of drug-likeness (QED) is 0.720. The summed E-state index contributed by atoms with van der Waals surface area (Å²) in [5, 5.41) is 3.00. The fourth-order valence-electron chi connectivity index (χ4n) is 2.92. The van der Waals surface area contributed by atoms with E-state index in [2.05, 4.69) is 26.8 Å². The summed E-state index contributed by atoms with van der Waals surface area (Å²) < 4.78 is 5.91. The lowest BCUT2D eigenvalue weighted by molar-refractivity contribution is 0.0393. The van der Waals surface area contributed by atoms with Gasteiger partial charge in [-0.15, -0.1) is 11.3 Å². The minimum absolute atomic E-state index is 0.0123. The van der Waals surface area contributed by atoms with E-state index in [1.54, 1.807) is 17.5 Å². The van der Waals surface area contributed by atoms with Gasteiger partial charge in [-0.3, -0.25) is 4.98 Å². The highest BCUT2D eigenvalue weighted by Gasteiger charge is 2.26. The van der Waals surface area contributed by atoms with Crippen LogP contribution in [0.25, 0.3) is 11.5 Å². The normalized spacial score (nSPS) is 17.7. The second kappa shape index (κ2) is 6.85. The molecule has 0 spiro atoms. The smallest absolute Gasteiger partial charge is 0.180 e. The molecule has 0 aromatic carbocycles. The number of nitrogens with zero attached hydrogens (tertiary/aromatic N) is 5. The molecular weight excluding hydrogens is 334 g/mol. The molecule has 0 radical (unpaired) electrons. The third-order valence-corrected chi connectivity index (χ3v) is 5.22. The van der Waals surface area contributed by atoms with E-state index in [1.807, 2.05) is 36.7 Å². The van der Waals surface area contributed by atoms with Crippen molar-refractivity contribution in [3.8, 4) is 11.5 Å². The van der Waals surface area contributed by atoms with Crippen LogP contribution in [0.1, 0.15) is 22.4 Å². The Morgan fingerprint density at radius 2 is 2.08 bits per heavy atom. The molecule has 0 bridgehead atoms. The van der Waals surface area contributed by atoms with Crippen molar-refractivity contribution in [1.29, 1.82) is 0 Å². The molecule has 3 aromatic heterocycles. The molecule has 1 unspecified atom stereocenters. The number of pyridine rings is 1. The summed E-state index contributed by atoms with van der Waals surface area (Å²) in [6.07, 6.45) is 3.57. The van der Waals surface area contributed by atoms with Gasteiger partial charge in [-0.05, 0) is 26.0 Å². The van der Waals surface area contributed by atoms with Gasteiger partial charge in [0.2, 0.25) is 0 Å². The first-order valence-electron chi connectivity index (χ1n) is 8.25. The summed E-state index contributed by atoms with van der Waals surface area (Å²) in [6, 6.07) is 5.78. The van der Waals surface area contributed by atoms with E-state index in [9.17, 15) is 0 Å². The Labute approximate surface area is 150 Å². The molecule has 6 nitrogen and oxygen atoms in total. The molecule has 0 N–H and O–H groups in total. The summed E-state index contributed by atoms with van der Waals surface area (Å²) in [6.45, 7) is 6.30. The zero-order valence-corrected chi connectivity index (χ0v) is 15.0. The minimum atomic E-state index is -0.0123. The van der Waals surface area contributed by atoms with E-state index in [4.69, 9.17) is 9.72 Å². The zero-order valence-electron chi connectivity index (χ0n) is 14.2. The molecule has 0 amide bonds. The molecule has 3 aromatic rings. The number of thiazole rings is 1. The van der Waals surface area contributed by atoms with Crippen molar-refractivity contribution in [1.82, 2.24) is 19.9 Å². The Morgan fingerprint density at radius 1 is 1.16 bits per heavy atom. The van der Waals surface area contributed by atoms with Crippen molar-refractivity contribution in [3.63, 3.8) is 0 Å². The van der Waals surface area contributed by atoms with E-state index >= 15 is 0 Å². The SMILES string of the molecule is Cc1nc(-c2ccccn2)nc(N2CCOC(c3nccs3)C2)c1C. The van der Waals surface area contributed by atoms with E-state index in [0.29, 0.717) is 12.4 Å². The number of hydrogen-bond donors (Lipinski definition) is 0. The first-order valence-corrected chi connectivity index (χ1v) is 9.13. The molecule has 4 heterocycles. The molecule has 1 aliphatic heterocycles. The van der Waals surface area contributed by atoms with Crippen molar-refractivity contribution in [2.75, 3.05) is 24.6 Å². The first kappa shape index (κ1) is 16.1. The Kier molecular flexibility index (Phi) is 4.42. The maximum atomic E-state index is 5.91. The number of rotatable bonds is 3. The fourth-order valence-corrected chi connectivity index (χ4v) is 3.59. The van der Waals surface area contributed by atoms with Gasteiger partial charge in [-0.2, -0.15) is 0 Å². The van der Waals surface area contributed by atoms with E-state index in [0.717, 1.165) is 40.9 Å². The average molecular weight is 353 g/mol. The molecule has 1 fully saturated rings. The van der Waals surface area contributed by atoms with Crippen LogP contribution in [0.2, 0.25) is 0 Å². The van der Waals surface area contributed by atoms with Gasteiger partial charge < -0.3 is 9.64 Å². The van der Waals surface area contributed by atoms with Gasteiger partial charge in [0.15, 0.2) is 5.82 Å². The second-order valence-electron chi connectivity index (χ2n) is 5.97. The van der Waals surface area contributed by atoms with Crippen LogP contribution in [0.15, 0.2) is 36.0 Å². The van der Waals surface area contributed by atoms with Crippen molar-refractivity contribution >= 4 is 17.2 Å². The maximum absolute atomic E-state index is 5.91. The lowest BCUT2D eigenvalue weighted by atomic mass is 10.2. The number of anilines is 1. The Hall–Kier alpha value is -2.38. The maximum Gasteiger partial charge on any atom is 0.180 e. The number of aromatic nitrogens is 4. The number of hydrogen-bond acceptors (Lipinski definition) is 7. The largest absolute Gasteiger partial charge is 0.367 e. The molecule has 1 aliphatic rings. The van der Waals surface area contributed by atoms with Gasteiger partial charge >= 0.3 is 0 Å². The monoisotopic (exact) mass is 353 g/mol. The molecule has 128 valence electrons. The summed E-state index contributed by atoms with van der Waals surface area (Å²) in [7, 11) is 0. The van der Waals surface area contributed by atoms with Crippen LogP contribution in [-0.2, 0) is 4.74 Å². The van der Waals surface area contributed by atoms with Gasteiger partial charge in [-0.1, -0.05) is 6.07 Å². The molecule has 1 saturated heterocycles. The standard InChI is InChI=1S/C18H19N5OS/c1-12-13(2)21-16(14-5-3-4-6-19-14)22-17(12)23-8-9-24-15(11-23)18-20-7-10-25-18/h3-7,10,15H,8-9,11H2,1-2H3. The summed E-state index contributed by atoms with van der Waals surface area (Å²) in [5.74, 6) is 1.62. The number of aryl methyl sites for hydroxylation is 1. The summed E-state index contributed by atoms with van der Waals surface area (Å²) >= 11 is 1.63. The lowest BCUT2D eigenvalue weighted by Crippen LogP contribution is -2.39. The van der Waals surface area contributed by atoms with Crippen LogP contribution in [0.4, 0.5) is 5.82 Å². The molecule has 0 saturated carbocycles.